The number of allylic oxidation sites excluding steroid dienone is 2. The summed E-state index contributed by atoms with van der Waals surface area (Å²) in [6, 6.07) is 10.7. The highest BCUT2D eigenvalue weighted by molar-refractivity contribution is 14.0. The quantitative estimate of drug-likeness (QED) is 0.131. The van der Waals surface area contributed by atoms with Gasteiger partial charge in [-0.15, -0.1) is 24.0 Å². The Morgan fingerprint density at radius 3 is 2.38 bits per heavy atom. The molecule has 5 rings (SSSR count). The summed E-state index contributed by atoms with van der Waals surface area (Å²) in [7, 11) is 0. The number of halogens is 1. The van der Waals surface area contributed by atoms with E-state index in [4.69, 9.17) is 4.99 Å². The van der Waals surface area contributed by atoms with E-state index < -0.39 is 0 Å². The average molecular weight is 548 g/mol. The van der Waals surface area contributed by atoms with Gasteiger partial charge in [0.15, 0.2) is 5.96 Å². The molecule has 6 nitrogen and oxygen atoms in total. The fourth-order valence-corrected chi connectivity index (χ4v) is 5.74. The number of rotatable bonds is 8. The molecule has 2 bridgehead atoms. The number of imide groups is 1. The number of fused-ring (bicyclic) bond motifs is 5. The summed E-state index contributed by atoms with van der Waals surface area (Å²) >= 11 is 0. The Bertz CT molecular complexity index is 872. The number of nitrogens with zero attached hydrogens (tertiary/aromatic N) is 2. The molecule has 1 aromatic carbocycles. The van der Waals surface area contributed by atoms with Gasteiger partial charge < -0.3 is 10.6 Å². The topological polar surface area (TPSA) is 73.8 Å². The van der Waals surface area contributed by atoms with Crippen LogP contribution in [0.1, 0.15) is 37.7 Å². The molecule has 0 aromatic heterocycles. The van der Waals surface area contributed by atoms with Gasteiger partial charge in [0.1, 0.15) is 0 Å². The molecule has 2 N–H and O–H groups in total. The van der Waals surface area contributed by atoms with Crippen LogP contribution >= 0.6 is 24.0 Å². The Kier molecular flexibility index (Phi) is 7.22. The number of carbonyl (C=O) groups excluding carboxylic acids is 2. The van der Waals surface area contributed by atoms with Crippen molar-refractivity contribution in [2.45, 2.75) is 32.1 Å². The predicted molar refractivity (Wildman–Crippen MR) is 136 cm³/mol. The Morgan fingerprint density at radius 1 is 1.03 bits per heavy atom. The number of aliphatic imine (C=N–C) groups is 1. The Balaban J connectivity index is 0.00000245. The van der Waals surface area contributed by atoms with E-state index in [1.165, 1.54) is 16.9 Å². The number of benzene rings is 1. The smallest absolute Gasteiger partial charge is 0.233 e. The number of nitrogens with one attached hydrogen (secondary N) is 2. The van der Waals surface area contributed by atoms with Crippen LogP contribution < -0.4 is 10.6 Å². The maximum Gasteiger partial charge on any atom is 0.233 e. The molecule has 0 radical (unpaired) electrons. The van der Waals surface area contributed by atoms with Crippen molar-refractivity contribution in [1.29, 1.82) is 0 Å². The Labute approximate surface area is 207 Å². The van der Waals surface area contributed by atoms with E-state index in [9.17, 15) is 9.59 Å². The number of guanidine groups is 1. The van der Waals surface area contributed by atoms with Crippen molar-refractivity contribution in [2.75, 3.05) is 26.2 Å². The lowest BCUT2D eigenvalue weighted by Crippen LogP contribution is -2.40. The molecule has 0 spiro atoms. The third kappa shape index (κ3) is 4.45. The van der Waals surface area contributed by atoms with E-state index in [2.05, 4.69) is 60.0 Å². The third-order valence-electron chi connectivity index (χ3n) is 7.39. The number of amides is 2. The van der Waals surface area contributed by atoms with Crippen molar-refractivity contribution < 1.29 is 9.59 Å². The zero-order valence-corrected chi connectivity index (χ0v) is 20.9. The Hall–Kier alpha value is -1.90. The van der Waals surface area contributed by atoms with Crippen molar-refractivity contribution in [3.05, 3.63) is 48.0 Å². The second-order valence-corrected chi connectivity index (χ2v) is 9.34. The Morgan fingerprint density at radius 2 is 1.72 bits per heavy atom. The van der Waals surface area contributed by atoms with Gasteiger partial charge in [0.05, 0.1) is 11.8 Å². The van der Waals surface area contributed by atoms with Crippen molar-refractivity contribution in [1.82, 2.24) is 15.5 Å². The second-order valence-electron chi connectivity index (χ2n) is 9.34. The minimum Gasteiger partial charge on any atom is -0.357 e. The number of likely N-dealkylation sites (tertiary alicyclic amines) is 1. The molecule has 2 amide bonds. The van der Waals surface area contributed by atoms with Crippen LogP contribution in [0.25, 0.3) is 0 Å². The first-order chi connectivity index (χ1) is 15.2. The van der Waals surface area contributed by atoms with Crippen molar-refractivity contribution in [2.24, 2.45) is 34.6 Å². The minimum absolute atomic E-state index is 0. The monoisotopic (exact) mass is 548 g/mol. The molecule has 2 saturated carbocycles. The van der Waals surface area contributed by atoms with Crippen LogP contribution in [0.2, 0.25) is 0 Å². The third-order valence-corrected chi connectivity index (χ3v) is 7.39. The highest BCUT2D eigenvalue weighted by atomic mass is 127. The molecule has 1 aliphatic heterocycles. The lowest BCUT2D eigenvalue weighted by atomic mass is 9.85. The van der Waals surface area contributed by atoms with Crippen molar-refractivity contribution >= 4 is 41.8 Å². The summed E-state index contributed by atoms with van der Waals surface area (Å²) in [6.07, 6.45) is 7.20. The van der Waals surface area contributed by atoms with Gasteiger partial charge in [-0.1, -0.05) is 42.5 Å². The van der Waals surface area contributed by atoms with E-state index in [-0.39, 0.29) is 59.5 Å². The van der Waals surface area contributed by atoms with Crippen LogP contribution in [0.5, 0.6) is 0 Å². The van der Waals surface area contributed by atoms with Gasteiger partial charge in [-0.3, -0.25) is 19.5 Å². The lowest BCUT2D eigenvalue weighted by molar-refractivity contribution is -0.140. The molecule has 6 atom stereocenters. The van der Waals surface area contributed by atoms with Crippen molar-refractivity contribution in [3.8, 4) is 0 Å². The molecule has 7 heteroatoms. The maximum atomic E-state index is 12.8. The van der Waals surface area contributed by atoms with Crippen LogP contribution in [-0.2, 0) is 9.59 Å². The van der Waals surface area contributed by atoms with E-state index in [1.54, 1.807) is 0 Å². The maximum absolute atomic E-state index is 12.8. The summed E-state index contributed by atoms with van der Waals surface area (Å²) in [5.41, 5.74) is 1.41. The van der Waals surface area contributed by atoms with E-state index in [0.29, 0.717) is 24.9 Å². The SMILES string of the molecule is CCNC(=NCC1CC1c1ccccc1)NCCCN1C(=O)C2C3C=CC(C3)C2C1=O.I. The van der Waals surface area contributed by atoms with Crippen LogP contribution in [0.4, 0.5) is 0 Å². The van der Waals surface area contributed by atoms with Crippen LogP contribution in [0.15, 0.2) is 47.5 Å². The fourth-order valence-electron chi connectivity index (χ4n) is 5.74. The molecule has 6 unspecified atom stereocenters. The van der Waals surface area contributed by atoms with Crippen LogP contribution in [0.3, 0.4) is 0 Å². The summed E-state index contributed by atoms with van der Waals surface area (Å²) in [6.45, 7) is 4.87. The standard InChI is InChI=1S/C25H32N4O2.HI/c1-2-26-25(28-15-19-14-20(19)16-7-4-3-5-8-16)27-11-6-12-29-23(30)21-17-9-10-18(13-17)22(21)24(29)31;/h3-5,7-10,17-22H,2,6,11-15H2,1H3,(H2,26,27,28);1H. The summed E-state index contributed by atoms with van der Waals surface area (Å²) in [5, 5.41) is 6.67. The highest BCUT2D eigenvalue weighted by Crippen LogP contribution is 2.52. The molecule has 1 heterocycles. The summed E-state index contributed by atoms with van der Waals surface area (Å²) in [5.74, 6) is 2.54. The van der Waals surface area contributed by atoms with Gasteiger partial charge in [-0.2, -0.15) is 0 Å². The largest absolute Gasteiger partial charge is 0.357 e. The highest BCUT2D eigenvalue weighted by Gasteiger charge is 2.58. The molecular weight excluding hydrogens is 515 g/mol. The molecule has 1 saturated heterocycles. The van der Waals surface area contributed by atoms with Gasteiger partial charge in [0.25, 0.3) is 0 Å². The van der Waals surface area contributed by atoms with Crippen LogP contribution in [-0.4, -0.2) is 48.9 Å². The number of hydrogen-bond donors (Lipinski definition) is 2. The minimum atomic E-state index is -0.0922. The lowest BCUT2D eigenvalue weighted by Gasteiger charge is -2.18. The first-order valence-corrected chi connectivity index (χ1v) is 11.8. The van der Waals surface area contributed by atoms with Gasteiger partial charge in [0.2, 0.25) is 11.8 Å². The first-order valence-electron chi connectivity index (χ1n) is 11.8. The van der Waals surface area contributed by atoms with Crippen LogP contribution in [0, 0.1) is 29.6 Å². The van der Waals surface area contributed by atoms with Gasteiger partial charge in [0, 0.05) is 26.2 Å². The normalized spacial score (nSPS) is 32.2. The van der Waals surface area contributed by atoms with Gasteiger partial charge >= 0.3 is 0 Å². The van der Waals surface area contributed by atoms with E-state index in [1.807, 2.05) is 0 Å². The first kappa shape index (κ1) is 23.3. The second kappa shape index (κ2) is 9.93. The predicted octanol–water partition coefficient (Wildman–Crippen LogP) is 3.16. The van der Waals surface area contributed by atoms with E-state index in [0.717, 1.165) is 31.9 Å². The molecule has 3 aliphatic carbocycles. The average Bonchev–Trinajstić information content (AvgIpc) is 3.13. The number of hydrogen-bond acceptors (Lipinski definition) is 3. The van der Waals surface area contributed by atoms with Crippen molar-refractivity contribution in [3.63, 3.8) is 0 Å². The van der Waals surface area contributed by atoms with Gasteiger partial charge in [-0.05, 0) is 55.4 Å². The number of carbonyl (C=O) groups is 2. The fraction of sp³-hybridized carbons (Fsp3) is 0.560. The molecule has 3 fully saturated rings. The zero-order valence-electron chi connectivity index (χ0n) is 18.6. The molecule has 4 aliphatic rings. The van der Waals surface area contributed by atoms with Gasteiger partial charge in [-0.25, -0.2) is 0 Å². The summed E-state index contributed by atoms with van der Waals surface area (Å²) in [4.78, 5) is 31.8. The molecule has 1 aromatic rings. The zero-order chi connectivity index (χ0) is 21.4. The summed E-state index contributed by atoms with van der Waals surface area (Å²) < 4.78 is 0. The molecular formula is C25H33IN4O2. The molecule has 172 valence electrons. The molecule has 32 heavy (non-hydrogen) atoms. The van der Waals surface area contributed by atoms with E-state index >= 15 is 0 Å².